The lowest BCUT2D eigenvalue weighted by Gasteiger charge is -2.25. The van der Waals surface area contributed by atoms with Crippen LogP contribution in [0.3, 0.4) is 0 Å². The number of hydrogen-bond donors (Lipinski definition) is 1. The molecule has 1 unspecified atom stereocenters. The predicted molar refractivity (Wildman–Crippen MR) is 164 cm³/mol. The van der Waals surface area contributed by atoms with Crippen molar-refractivity contribution in [2.75, 3.05) is 12.9 Å². The number of amides is 2. The van der Waals surface area contributed by atoms with Gasteiger partial charge in [0, 0.05) is 10.6 Å². The van der Waals surface area contributed by atoms with Gasteiger partial charge in [-0.25, -0.2) is 9.99 Å². The van der Waals surface area contributed by atoms with Crippen molar-refractivity contribution in [3.63, 3.8) is 0 Å². The van der Waals surface area contributed by atoms with E-state index in [9.17, 15) is 9.59 Å². The molecule has 42 heavy (non-hydrogen) atoms. The maximum Gasteiger partial charge on any atom is 0.258 e. The van der Waals surface area contributed by atoms with Gasteiger partial charge in [-0.15, -0.1) is 11.8 Å². The molecule has 212 valence electrons. The SMILES string of the molecule is COc1ccc(C2SCC(=O)N2NC(=O)Cn2c(-c3ccc(Cl)cc3)nc3ccccc32)cc1OCc1ccccc1. The fourth-order valence-electron chi connectivity index (χ4n) is 4.85. The summed E-state index contributed by atoms with van der Waals surface area (Å²) in [6.07, 6.45) is 0. The molecule has 1 aliphatic rings. The molecule has 1 aromatic heterocycles. The zero-order valence-electron chi connectivity index (χ0n) is 22.7. The van der Waals surface area contributed by atoms with E-state index in [2.05, 4.69) is 5.43 Å². The predicted octanol–water partition coefficient (Wildman–Crippen LogP) is 6.25. The van der Waals surface area contributed by atoms with Crippen LogP contribution in [0.25, 0.3) is 22.4 Å². The van der Waals surface area contributed by atoms with E-state index in [1.165, 1.54) is 16.8 Å². The molecule has 1 atom stereocenters. The van der Waals surface area contributed by atoms with Gasteiger partial charge in [-0.3, -0.25) is 15.0 Å². The van der Waals surface area contributed by atoms with Crippen molar-refractivity contribution >= 4 is 46.2 Å². The fraction of sp³-hybridized carbons (Fsp3) is 0.156. The van der Waals surface area contributed by atoms with Crippen LogP contribution in [0.2, 0.25) is 5.02 Å². The molecule has 1 saturated heterocycles. The number of thioether (sulfide) groups is 1. The summed E-state index contributed by atoms with van der Waals surface area (Å²) in [4.78, 5) is 31.2. The van der Waals surface area contributed by atoms with Crippen LogP contribution in [0.4, 0.5) is 0 Å². The number of carbonyl (C=O) groups excluding carboxylic acids is 2. The van der Waals surface area contributed by atoms with Gasteiger partial charge in [0.1, 0.15) is 24.3 Å². The van der Waals surface area contributed by atoms with Gasteiger partial charge in [0.25, 0.3) is 11.8 Å². The van der Waals surface area contributed by atoms with Gasteiger partial charge >= 0.3 is 0 Å². The third-order valence-corrected chi connectivity index (χ3v) is 8.35. The Bertz CT molecular complexity index is 1740. The van der Waals surface area contributed by atoms with Gasteiger partial charge in [-0.1, -0.05) is 60.1 Å². The summed E-state index contributed by atoms with van der Waals surface area (Å²) in [7, 11) is 1.59. The van der Waals surface area contributed by atoms with Crippen molar-refractivity contribution in [1.29, 1.82) is 0 Å². The van der Waals surface area contributed by atoms with Crippen LogP contribution in [0.15, 0.2) is 97.1 Å². The number of nitrogens with one attached hydrogen (secondary N) is 1. The smallest absolute Gasteiger partial charge is 0.258 e. The first kappa shape index (κ1) is 27.7. The molecule has 1 fully saturated rings. The summed E-state index contributed by atoms with van der Waals surface area (Å²) >= 11 is 7.54. The Morgan fingerprint density at radius 1 is 1.00 bits per heavy atom. The van der Waals surface area contributed by atoms with E-state index in [4.69, 9.17) is 26.1 Å². The minimum Gasteiger partial charge on any atom is -0.493 e. The van der Waals surface area contributed by atoms with E-state index in [-0.39, 0.29) is 24.1 Å². The number of nitrogens with zero attached hydrogens (tertiary/aromatic N) is 3. The molecule has 6 rings (SSSR count). The van der Waals surface area contributed by atoms with E-state index < -0.39 is 5.37 Å². The third-order valence-electron chi connectivity index (χ3n) is 6.88. The second-order valence-corrected chi connectivity index (χ2v) is 11.2. The Balaban J connectivity index is 1.23. The summed E-state index contributed by atoms with van der Waals surface area (Å²) in [5.74, 6) is 1.49. The summed E-state index contributed by atoms with van der Waals surface area (Å²) in [5, 5.41) is 1.58. The lowest BCUT2D eigenvalue weighted by Crippen LogP contribution is -2.45. The van der Waals surface area contributed by atoms with E-state index in [1.54, 1.807) is 19.2 Å². The first-order chi connectivity index (χ1) is 20.5. The number of aromatic nitrogens is 2. The maximum atomic E-state index is 13.5. The molecule has 4 aromatic carbocycles. The van der Waals surface area contributed by atoms with Crippen LogP contribution in [-0.4, -0.2) is 39.2 Å². The average molecular weight is 599 g/mol. The molecule has 2 amide bonds. The van der Waals surface area contributed by atoms with Gasteiger partial charge < -0.3 is 14.0 Å². The maximum absolute atomic E-state index is 13.5. The van der Waals surface area contributed by atoms with E-state index in [0.29, 0.717) is 29.0 Å². The molecule has 1 aliphatic heterocycles. The third kappa shape index (κ3) is 5.79. The van der Waals surface area contributed by atoms with Crippen LogP contribution in [0.1, 0.15) is 16.5 Å². The molecule has 0 radical (unpaired) electrons. The minimum absolute atomic E-state index is 0.0340. The molecule has 8 nitrogen and oxygen atoms in total. The minimum atomic E-state index is -0.429. The van der Waals surface area contributed by atoms with Gasteiger partial charge in [-0.05, 0) is 59.7 Å². The Labute approximate surface area is 252 Å². The largest absolute Gasteiger partial charge is 0.493 e. The summed E-state index contributed by atoms with van der Waals surface area (Å²) < 4.78 is 13.4. The number of halogens is 1. The van der Waals surface area contributed by atoms with E-state index in [0.717, 1.165) is 27.7 Å². The van der Waals surface area contributed by atoms with Crippen molar-refractivity contribution in [3.8, 4) is 22.9 Å². The quantitative estimate of drug-likeness (QED) is 0.216. The first-order valence-electron chi connectivity index (χ1n) is 13.3. The lowest BCUT2D eigenvalue weighted by atomic mass is 10.2. The highest BCUT2D eigenvalue weighted by Gasteiger charge is 2.35. The number of imidazole rings is 1. The number of para-hydroxylation sites is 2. The standard InChI is InChI=1S/C32H27ClN4O4S/c1-40-27-16-13-23(17-28(27)41-19-21-7-3-2-4-8-21)32-37(30(39)20-42-32)35-29(38)18-36-26-10-6-5-9-25(26)34-31(36)22-11-14-24(33)15-12-22/h2-17,32H,18-20H2,1H3,(H,35,38). The molecular formula is C32H27ClN4O4S. The normalized spacial score (nSPS) is 14.8. The second kappa shape index (κ2) is 12.2. The van der Waals surface area contributed by atoms with Crippen LogP contribution >= 0.6 is 23.4 Å². The monoisotopic (exact) mass is 598 g/mol. The highest BCUT2D eigenvalue weighted by Crippen LogP contribution is 2.41. The fourth-order valence-corrected chi connectivity index (χ4v) is 6.08. The van der Waals surface area contributed by atoms with Crippen LogP contribution in [0.5, 0.6) is 11.5 Å². The Kier molecular flexibility index (Phi) is 8.03. The number of fused-ring (bicyclic) bond motifs is 1. The molecule has 5 aromatic rings. The van der Waals surface area contributed by atoms with Crippen molar-refractivity contribution in [3.05, 3.63) is 113 Å². The number of hydrazine groups is 1. The average Bonchev–Trinajstić information content (AvgIpc) is 3.56. The number of ether oxygens (including phenoxy) is 2. The Hall–Kier alpha value is -4.47. The molecule has 0 saturated carbocycles. The summed E-state index contributed by atoms with van der Waals surface area (Å²) in [6, 6.07) is 30.4. The van der Waals surface area contributed by atoms with Gasteiger partial charge in [0.05, 0.1) is 23.9 Å². The Morgan fingerprint density at radius 3 is 2.55 bits per heavy atom. The number of rotatable bonds is 9. The van der Waals surface area contributed by atoms with E-state index in [1.807, 2.05) is 89.5 Å². The zero-order valence-corrected chi connectivity index (χ0v) is 24.3. The molecule has 2 heterocycles. The van der Waals surface area contributed by atoms with Crippen LogP contribution < -0.4 is 14.9 Å². The Morgan fingerprint density at radius 2 is 1.76 bits per heavy atom. The molecule has 0 bridgehead atoms. The van der Waals surface area contributed by atoms with Gasteiger partial charge in [-0.2, -0.15) is 0 Å². The van der Waals surface area contributed by atoms with Gasteiger partial charge in [0.2, 0.25) is 0 Å². The summed E-state index contributed by atoms with van der Waals surface area (Å²) in [6.45, 7) is 0.334. The molecular weight excluding hydrogens is 572 g/mol. The second-order valence-electron chi connectivity index (χ2n) is 9.66. The zero-order chi connectivity index (χ0) is 29.1. The molecule has 0 aliphatic carbocycles. The first-order valence-corrected chi connectivity index (χ1v) is 14.7. The highest BCUT2D eigenvalue weighted by molar-refractivity contribution is 8.00. The van der Waals surface area contributed by atoms with Crippen molar-refractivity contribution < 1.29 is 19.1 Å². The van der Waals surface area contributed by atoms with Crippen molar-refractivity contribution in [2.45, 2.75) is 18.5 Å². The van der Waals surface area contributed by atoms with Crippen molar-refractivity contribution in [2.24, 2.45) is 0 Å². The number of benzene rings is 4. The number of methoxy groups -OCH3 is 1. The highest BCUT2D eigenvalue weighted by atomic mass is 35.5. The van der Waals surface area contributed by atoms with Crippen LogP contribution in [0, 0.1) is 0 Å². The topological polar surface area (TPSA) is 85.7 Å². The lowest BCUT2D eigenvalue weighted by molar-refractivity contribution is -0.139. The van der Waals surface area contributed by atoms with E-state index >= 15 is 0 Å². The molecule has 0 spiro atoms. The number of carbonyl (C=O) groups is 2. The molecule has 10 heteroatoms. The van der Waals surface area contributed by atoms with Crippen molar-refractivity contribution in [1.82, 2.24) is 20.0 Å². The molecule has 1 N–H and O–H groups in total. The van der Waals surface area contributed by atoms with Crippen LogP contribution in [-0.2, 0) is 22.7 Å². The van der Waals surface area contributed by atoms with Gasteiger partial charge in [0.15, 0.2) is 11.5 Å². The number of hydrogen-bond acceptors (Lipinski definition) is 6. The summed E-state index contributed by atoms with van der Waals surface area (Å²) in [5.41, 5.74) is 7.10.